The number of nitrogens with zero attached hydrogens (tertiary/aromatic N) is 4. The number of hydrogen-bond acceptors (Lipinski definition) is 4. The Labute approximate surface area is 110 Å². The van der Waals surface area contributed by atoms with Gasteiger partial charge in [-0.05, 0) is 31.8 Å². The molecule has 2 heterocycles. The van der Waals surface area contributed by atoms with Gasteiger partial charge in [0, 0.05) is 25.8 Å². The highest BCUT2D eigenvalue weighted by atomic mass is 15.4. The lowest BCUT2D eigenvalue weighted by molar-refractivity contribution is 0.286. The Kier molecular flexibility index (Phi) is 4.72. The second-order valence-corrected chi connectivity index (χ2v) is 5.60. The summed E-state index contributed by atoms with van der Waals surface area (Å²) in [5.74, 6) is 1.68. The summed E-state index contributed by atoms with van der Waals surface area (Å²) in [5, 5.41) is 11.4. The molecule has 5 heteroatoms. The highest BCUT2D eigenvalue weighted by Gasteiger charge is 2.24. The van der Waals surface area contributed by atoms with Gasteiger partial charge in [-0.2, -0.15) is 0 Å². The van der Waals surface area contributed by atoms with E-state index in [1.165, 1.54) is 19.5 Å². The van der Waals surface area contributed by atoms with Crippen molar-refractivity contribution in [2.45, 2.75) is 33.4 Å². The van der Waals surface area contributed by atoms with Crippen LogP contribution in [-0.4, -0.2) is 46.6 Å². The molecule has 1 aromatic heterocycles. The van der Waals surface area contributed by atoms with Gasteiger partial charge in [0.1, 0.15) is 0 Å². The van der Waals surface area contributed by atoms with Crippen molar-refractivity contribution in [3.63, 3.8) is 0 Å². The van der Waals surface area contributed by atoms with Crippen molar-refractivity contribution < 1.29 is 0 Å². The van der Waals surface area contributed by atoms with Crippen molar-refractivity contribution >= 4 is 0 Å². The molecule has 1 N–H and O–H groups in total. The largest absolute Gasteiger partial charge is 0.314 e. The van der Waals surface area contributed by atoms with Crippen molar-refractivity contribution in [2.24, 2.45) is 11.8 Å². The molecule has 102 valence electrons. The Morgan fingerprint density at radius 2 is 2.28 bits per heavy atom. The van der Waals surface area contributed by atoms with E-state index in [1.54, 1.807) is 0 Å². The Morgan fingerprint density at radius 1 is 1.44 bits per heavy atom. The van der Waals surface area contributed by atoms with Gasteiger partial charge in [-0.3, -0.25) is 4.68 Å². The van der Waals surface area contributed by atoms with Gasteiger partial charge in [0.2, 0.25) is 0 Å². The molecular formula is C13H25N5. The van der Waals surface area contributed by atoms with Crippen LogP contribution in [0.25, 0.3) is 0 Å². The van der Waals surface area contributed by atoms with E-state index in [1.807, 2.05) is 17.9 Å². The molecule has 0 saturated carbocycles. The normalized spacial score (nSPS) is 21.0. The lowest BCUT2D eigenvalue weighted by atomic mass is 9.95. The average Bonchev–Trinajstić information content (AvgIpc) is 2.95. The Bertz CT molecular complexity index is 360. The maximum atomic E-state index is 4.15. The smallest absolute Gasteiger partial charge is 0.0964 e. The Balaban J connectivity index is 1.74. The van der Waals surface area contributed by atoms with Crippen molar-refractivity contribution in [3.05, 3.63) is 11.9 Å². The van der Waals surface area contributed by atoms with E-state index >= 15 is 0 Å². The zero-order valence-electron chi connectivity index (χ0n) is 11.8. The second-order valence-electron chi connectivity index (χ2n) is 5.60. The molecule has 1 unspecified atom stereocenters. The second kappa shape index (κ2) is 6.29. The van der Waals surface area contributed by atoms with E-state index in [2.05, 4.69) is 34.4 Å². The molecule has 1 saturated heterocycles. The number of nitrogens with one attached hydrogen (secondary N) is 1. The lowest BCUT2D eigenvalue weighted by Gasteiger charge is -2.17. The fourth-order valence-corrected chi connectivity index (χ4v) is 2.56. The Morgan fingerprint density at radius 3 is 2.94 bits per heavy atom. The van der Waals surface area contributed by atoms with E-state index in [-0.39, 0.29) is 0 Å². The van der Waals surface area contributed by atoms with Crippen molar-refractivity contribution in [3.8, 4) is 0 Å². The van der Waals surface area contributed by atoms with E-state index in [4.69, 9.17) is 0 Å². The number of likely N-dealkylation sites (tertiary alicyclic amines) is 1. The molecule has 0 aromatic carbocycles. The molecule has 0 bridgehead atoms. The summed E-state index contributed by atoms with van der Waals surface area (Å²) in [4.78, 5) is 2.55. The van der Waals surface area contributed by atoms with Gasteiger partial charge in [0.15, 0.2) is 0 Å². The van der Waals surface area contributed by atoms with E-state index in [0.717, 1.165) is 37.2 Å². The van der Waals surface area contributed by atoms with E-state index in [0.29, 0.717) is 0 Å². The number of rotatable bonds is 6. The summed E-state index contributed by atoms with van der Waals surface area (Å²) >= 11 is 0. The third-order valence-electron chi connectivity index (χ3n) is 3.84. The molecular weight excluding hydrogens is 226 g/mol. The predicted octanol–water partition coefficient (Wildman–Crippen LogP) is 0.975. The van der Waals surface area contributed by atoms with Gasteiger partial charge in [-0.1, -0.05) is 19.1 Å². The van der Waals surface area contributed by atoms with Gasteiger partial charge < -0.3 is 10.2 Å². The van der Waals surface area contributed by atoms with Crippen molar-refractivity contribution in [2.75, 3.05) is 26.7 Å². The van der Waals surface area contributed by atoms with Crippen LogP contribution in [0, 0.1) is 11.8 Å². The molecule has 0 amide bonds. The van der Waals surface area contributed by atoms with Crippen LogP contribution in [0.3, 0.4) is 0 Å². The van der Waals surface area contributed by atoms with Crippen LogP contribution in [0.5, 0.6) is 0 Å². The van der Waals surface area contributed by atoms with Crippen LogP contribution in [0.4, 0.5) is 0 Å². The molecule has 1 atom stereocenters. The monoisotopic (exact) mass is 251 g/mol. The standard InChI is InChI=1S/C13H25N5/c1-11(2)12-4-5-17(9-12)6-7-18-10-13(8-14-3)15-16-18/h10-12,14H,4-9H2,1-3H3. The molecule has 1 aliphatic rings. The third kappa shape index (κ3) is 3.53. The SMILES string of the molecule is CNCc1cn(CCN2CCC(C(C)C)C2)nn1. The molecule has 0 aliphatic carbocycles. The average molecular weight is 251 g/mol. The minimum Gasteiger partial charge on any atom is -0.314 e. The van der Waals surface area contributed by atoms with E-state index < -0.39 is 0 Å². The highest BCUT2D eigenvalue weighted by molar-refractivity contribution is 4.91. The van der Waals surface area contributed by atoms with Gasteiger partial charge in [-0.25, -0.2) is 0 Å². The first-order valence-electron chi connectivity index (χ1n) is 6.95. The van der Waals surface area contributed by atoms with Crippen molar-refractivity contribution in [1.82, 2.24) is 25.2 Å². The molecule has 5 nitrogen and oxygen atoms in total. The summed E-state index contributed by atoms with van der Waals surface area (Å²) in [6.07, 6.45) is 3.38. The molecule has 0 radical (unpaired) electrons. The van der Waals surface area contributed by atoms with Crippen LogP contribution in [0.2, 0.25) is 0 Å². The minimum atomic E-state index is 0.791. The topological polar surface area (TPSA) is 46.0 Å². The highest BCUT2D eigenvalue weighted by Crippen LogP contribution is 2.23. The van der Waals surface area contributed by atoms with Crippen LogP contribution in [-0.2, 0) is 13.1 Å². The van der Waals surface area contributed by atoms with Gasteiger partial charge in [-0.15, -0.1) is 5.10 Å². The van der Waals surface area contributed by atoms with Crippen LogP contribution >= 0.6 is 0 Å². The van der Waals surface area contributed by atoms with Gasteiger partial charge in [0.05, 0.1) is 12.2 Å². The van der Waals surface area contributed by atoms with Gasteiger partial charge in [0.25, 0.3) is 0 Å². The predicted molar refractivity (Wildman–Crippen MR) is 72.2 cm³/mol. The molecule has 1 aliphatic heterocycles. The summed E-state index contributed by atoms with van der Waals surface area (Å²) in [7, 11) is 1.93. The summed E-state index contributed by atoms with van der Waals surface area (Å²) in [5.41, 5.74) is 1.01. The number of aromatic nitrogens is 3. The zero-order chi connectivity index (χ0) is 13.0. The first-order valence-corrected chi connectivity index (χ1v) is 6.95. The lowest BCUT2D eigenvalue weighted by Crippen LogP contribution is -2.26. The van der Waals surface area contributed by atoms with Crippen LogP contribution < -0.4 is 5.32 Å². The third-order valence-corrected chi connectivity index (χ3v) is 3.84. The van der Waals surface area contributed by atoms with Crippen LogP contribution in [0.1, 0.15) is 26.0 Å². The fourth-order valence-electron chi connectivity index (χ4n) is 2.56. The van der Waals surface area contributed by atoms with Crippen LogP contribution in [0.15, 0.2) is 6.20 Å². The summed E-state index contributed by atoms with van der Waals surface area (Å²) in [6, 6.07) is 0. The zero-order valence-corrected chi connectivity index (χ0v) is 11.8. The first kappa shape index (κ1) is 13.5. The maximum Gasteiger partial charge on any atom is 0.0964 e. The molecule has 2 rings (SSSR count). The summed E-state index contributed by atoms with van der Waals surface area (Å²) in [6.45, 7) is 9.97. The minimum absolute atomic E-state index is 0.791. The molecule has 1 fully saturated rings. The number of hydrogen-bond donors (Lipinski definition) is 1. The van der Waals surface area contributed by atoms with Crippen molar-refractivity contribution in [1.29, 1.82) is 0 Å². The quantitative estimate of drug-likeness (QED) is 0.818. The molecule has 18 heavy (non-hydrogen) atoms. The fraction of sp³-hybridized carbons (Fsp3) is 0.846. The Hall–Kier alpha value is -0.940. The molecule has 1 aromatic rings. The maximum absolute atomic E-state index is 4.15. The molecule has 0 spiro atoms. The first-order chi connectivity index (χ1) is 8.69. The van der Waals surface area contributed by atoms with E-state index in [9.17, 15) is 0 Å². The van der Waals surface area contributed by atoms with Gasteiger partial charge >= 0.3 is 0 Å². The summed E-state index contributed by atoms with van der Waals surface area (Å²) < 4.78 is 1.95.